The van der Waals surface area contributed by atoms with Crippen LogP contribution in [0, 0.1) is 5.82 Å². The Morgan fingerprint density at radius 1 is 1.50 bits per heavy atom. The molecule has 0 radical (unpaired) electrons. The van der Waals surface area contributed by atoms with E-state index in [2.05, 4.69) is 0 Å². The molecule has 5 heteroatoms. The number of hydrogen-bond acceptors (Lipinski definition) is 4. The minimum Gasteiger partial charge on any atom is -0.489 e. The first-order valence-corrected chi connectivity index (χ1v) is 5.92. The maximum Gasteiger partial charge on any atom is 0.323 e. The average molecular weight is 253 g/mol. The van der Waals surface area contributed by atoms with Crippen molar-refractivity contribution in [2.75, 3.05) is 26.8 Å². The van der Waals surface area contributed by atoms with Gasteiger partial charge in [-0.2, -0.15) is 0 Å². The van der Waals surface area contributed by atoms with Gasteiger partial charge in [0, 0.05) is 13.0 Å². The minimum atomic E-state index is -0.375. The van der Waals surface area contributed by atoms with Gasteiger partial charge in [-0.25, -0.2) is 4.39 Å². The lowest BCUT2D eigenvalue weighted by molar-refractivity contribution is -0.142. The van der Waals surface area contributed by atoms with Crippen molar-refractivity contribution >= 4 is 5.97 Å². The van der Waals surface area contributed by atoms with Crippen LogP contribution >= 0.6 is 0 Å². The van der Waals surface area contributed by atoms with Gasteiger partial charge in [-0.15, -0.1) is 0 Å². The van der Waals surface area contributed by atoms with Gasteiger partial charge < -0.3 is 9.47 Å². The van der Waals surface area contributed by atoms with Crippen LogP contribution in [-0.2, 0) is 9.53 Å². The minimum absolute atomic E-state index is 0.191. The van der Waals surface area contributed by atoms with Crippen LogP contribution in [0.3, 0.4) is 0 Å². The number of cyclic esters (lactones) is 1. The van der Waals surface area contributed by atoms with Crippen LogP contribution in [0.1, 0.15) is 6.42 Å². The maximum atomic E-state index is 13.3. The highest BCUT2D eigenvalue weighted by Crippen LogP contribution is 2.16. The normalized spacial score (nSPS) is 19.1. The van der Waals surface area contributed by atoms with E-state index in [0.717, 1.165) is 0 Å². The third kappa shape index (κ3) is 2.98. The summed E-state index contributed by atoms with van der Waals surface area (Å²) in [6.45, 7) is 1.36. The summed E-state index contributed by atoms with van der Waals surface area (Å²) in [6.07, 6.45) is 0.703. The van der Waals surface area contributed by atoms with Crippen molar-refractivity contribution in [3.63, 3.8) is 0 Å². The highest BCUT2D eigenvalue weighted by Gasteiger charge is 2.29. The van der Waals surface area contributed by atoms with Crippen LogP contribution in [0.15, 0.2) is 24.3 Å². The molecule has 0 N–H and O–H groups in total. The van der Waals surface area contributed by atoms with E-state index < -0.39 is 0 Å². The van der Waals surface area contributed by atoms with Gasteiger partial charge in [-0.05, 0) is 19.2 Å². The molecular formula is C13H16FNO3. The molecule has 1 saturated heterocycles. The number of halogens is 1. The molecule has 0 aliphatic carbocycles. The van der Waals surface area contributed by atoms with E-state index in [-0.39, 0.29) is 23.6 Å². The lowest BCUT2D eigenvalue weighted by atomic mass is 10.2. The number of carbonyl (C=O) groups excluding carboxylic acids is 1. The largest absolute Gasteiger partial charge is 0.489 e. The molecule has 0 unspecified atom stereocenters. The Bertz CT molecular complexity index is 424. The Morgan fingerprint density at radius 2 is 2.28 bits per heavy atom. The molecule has 0 saturated carbocycles. The number of para-hydroxylation sites is 1. The van der Waals surface area contributed by atoms with Crippen molar-refractivity contribution < 1.29 is 18.7 Å². The number of benzene rings is 1. The second kappa shape index (κ2) is 5.82. The summed E-state index contributed by atoms with van der Waals surface area (Å²) in [4.78, 5) is 13.2. The first-order valence-electron chi connectivity index (χ1n) is 5.92. The van der Waals surface area contributed by atoms with Gasteiger partial charge in [-0.1, -0.05) is 12.1 Å². The van der Waals surface area contributed by atoms with Crippen LogP contribution in [0.5, 0.6) is 5.75 Å². The lowest BCUT2D eigenvalue weighted by Crippen LogP contribution is -2.37. The number of ether oxygens (including phenoxy) is 2. The third-order valence-electron chi connectivity index (χ3n) is 2.98. The summed E-state index contributed by atoms with van der Waals surface area (Å²) >= 11 is 0. The number of hydrogen-bond donors (Lipinski definition) is 0. The molecule has 1 aliphatic rings. The Kier molecular flexibility index (Phi) is 4.15. The second-order valence-electron chi connectivity index (χ2n) is 4.23. The monoisotopic (exact) mass is 253 g/mol. The van der Waals surface area contributed by atoms with Crippen LogP contribution in [-0.4, -0.2) is 43.7 Å². The molecule has 1 heterocycles. The Labute approximate surface area is 105 Å². The van der Waals surface area contributed by atoms with Gasteiger partial charge in [0.15, 0.2) is 11.6 Å². The number of likely N-dealkylation sites (N-methyl/N-ethyl adjacent to an activating group) is 1. The second-order valence-corrected chi connectivity index (χ2v) is 4.23. The highest BCUT2D eigenvalue weighted by molar-refractivity contribution is 5.77. The quantitative estimate of drug-likeness (QED) is 0.745. The molecule has 1 fully saturated rings. The summed E-state index contributed by atoms with van der Waals surface area (Å²) < 4.78 is 23.5. The molecule has 1 aliphatic heterocycles. The van der Waals surface area contributed by atoms with Crippen molar-refractivity contribution in [1.29, 1.82) is 0 Å². The summed E-state index contributed by atoms with van der Waals surface area (Å²) in [7, 11) is 1.84. The van der Waals surface area contributed by atoms with Crippen molar-refractivity contribution in [2.45, 2.75) is 12.5 Å². The SMILES string of the molecule is CN(CCOc1ccccc1F)[C@@H]1CCOC1=O. The van der Waals surface area contributed by atoms with Crippen LogP contribution in [0.2, 0.25) is 0 Å². The van der Waals surface area contributed by atoms with Gasteiger partial charge in [-0.3, -0.25) is 9.69 Å². The predicted octanol–water partition coefficient (Wildman–Crippen LogP) is 1.45. The summed E-state index contributed by atoms with van der Waals surface area (Å²) in [5.74, 6) is -0.330. The topological polar surface area (TPSA) is 38.8 Å². The van der Waals surface area contributed by atoms with E-state index in [4.69, 9.17) is 9.47 Å². The van der Waals surface area contributed by atoms with Crippen LogP contribution in [0.25, 0.3) is 0 Å². The fourth-order valence-corrected chi connectivity index (χ4v) is 1.90. The van der Waals surface area contributed by atoms with E-state index in [1.54, 1.807) is 18.2 Å². The molecule has 1 aromatic rings. The molecule has 0 bridgehead atoms. The summed E-state index contributed by atoms with van der Waals surface area (Å²) in [5.41, 5.74) is 0. The number of carbonyl (C=O) groups is 1. The Morgan fingerprint density at radius 3 is 2.94 bits per heavy atom. The van der Waals surface area contributed by atoms with Gasteiger partial charge in [0.25, 0.3) is 0 Å². The van der Waals surface area contributed by atoms with Crippen molar-refractivity contribution in [3.8, 4) is 5.75 Å². The number of rotatable bonds is 5. The summed E-state index contributed by atoms with van der Waals surface area (Å²) in [5, 5.41) is 0. The first-order chi connectivity index (χ1) is 8.68. The van der Waals surface area contributed by atoms with Gasteiger partial charge in [0.1, 0.15) is 12.6 Å². The van der Waals surface area contributed by atoms with Gasteiger partial charge in [0.05, 0.1) is 6.61 Å². The predicted molar refractivity (Wildman–Crippen MR) is 63.9 cm³/mol. The standard InChI is InChI=1S/C13H16FNO3/c1-15(11-6-8-18-13(11)16)7-9-17-12-5-3-2-4-10(12)14/h2-5,11H,6-9H2,1H3/t11-/m1/s1. The summed E-state index contributed by atoms with van der Waals surface area (Å²) in [6, 6.07) is 6.07. The van der Waals surface area contributed by atoms with E-state index >= 15 is 0 Å². The lowest BCUT2D eigenvalue weighted by Gasteiger charge is -2.20. The molecule has 0 spiro atoms. The Balaban J connectivity index is 1.78. The third-order valence-corrected chi connectivity index (χ3v) is 2.98. The molecule has 1 atom stereocenters. The maximum absolute atomic E-state index is 13.3. The van der Waals surface area contributed by atoms with Gasteiger partial charge in [0.2, 0.25) is 0 Å². The van der Waals surface area contributed by atoms with E-state index in [1.807, 2.05) is 11.9 Å². The zero-order chi connectivity index (χ0) is 13.0. The molecule has 0 aromatic heterocycles. The zero-order valence-electron chi connectivity index (χ0n) is 10.3. The smallest absolute Gasteiger partial charge is 0.323 e. The van der Waals surface area contributed by atoms with Crippen LogP contribution < -0.4 is 4.74 Å². The Hall–Kier alpha value is -1.62. The zero-order valence-corrected chi connectivity index (χ0v) is 10.3. The van der Waals surface area contributed by atoms with Crippen molar-refractivity contribution in [1.82, 2.24) is 4.90 Å². The first kappa shape index (κ1) is 12.8. The van der Waals surface area contributed by atoms with Crippen molar-refractivity contribution in [2.24, 2.45) is 0 Å². The number of esters is 1. The molecule has 1 aromatic carbocycles. The fourth-order valence-electron chi connectivity index (χ4n) is 1.90. The molecule has 4 nitrogen and oxygen atoms in total. The average Bonchev–Trinajstić information content (AvgIpc) is 2.78. The molecular weight excluding hydrogens is 237 g/mol. The fraction of sp³-hybridized carbons (Fsp3) is 0.462. The molecule has 2 rings (SSSR count). The van der Waals surface area contributed by atoms with Crippen molar-refractivity contribution in [3.05, 3.63) is 30.1 Å². The molecule has 18 heavy (non-hydrogen) atoms. The molecule has 98 valence electrons. The van der Waals surface area contributed by atoms with Gasteiger partial charge >= 0.3 is 5.97 Å². The van der Waals surface area contributed by atoms with E-state index in [1.165, 1.54) is 6.07 Å². The van der Waals surface area contributed by atoms with E-state index in [9.17, 15) is 9.18 Å². The number of nitrogens with zero attached hydrogens (tertiary/aromatic N) is 1. The molecule has 0 amide bonds. The van der Waals surface area contributed by atoms with E-state index in [0.29, 0.717) is 26.2 Å². The highest BCUT2D eigenvalue weighted by atomic mass is 19.1. The van der Waals surface area contributed by atoms with Crippen LogP contribution in [0.4, 0.5) is 4.39 Å².